The minimum Gasteiger partial charge on any atom is -0.443 e. The maximum absolute atomic E-state index is 12.6. The molecule has 2 aromatic rings. The molecular formula is C21H23N3O4. The van der Waals surface area contributed by atoms with Gasteiger partial charge in [-0.3, -0.25) is 9.69 Å². The zero-order valence-corrected chi connectivity index (χ0v) is 15.8. The molecule has 0 N–H and O–H groups in total. The number of aryl methyl sites for hydroxylation is 1. The third-order valence-electron chi connectivity index (χ3n) is 6.12. The molecule has 0 spiro atoms. The first-order valence-corrected chi connectivity index (χ1v) is 9.87. The lowest BCUT2D eigenvalue weighted by Gasteiger charge is -2.37. The molecule has 3 aliphatic rings. The van der Waals surface area contributed by atoms with Crippen molar-refractivity contribution in [1.29, 1.82) is 0 Å². The van der Waals surface area contributed by atoms with Crippen LogP contribution in [0.3, 0.4) is 0 Å². The lowest BCUT2D eigenvalue weighted by Crippen LogP contribution is -2.48. The number of benzene rings is 1. The van der Waals surface area contributed by atoms with Gasteiger partial charge in [0.25, 0.3) is 0 Å². The molecule has 1 aromatic heterocycles. The maximum atomic E-state index is 12.6. The minimum atomic E-state index is -0.216. The van der Waals surface area contributed by atoms with Crippen LogP contribution in [0.5, 0.6) is 0 Å². The van der Waals surface area contributed by atoms with E-state index in [1.54, 1.807) is 6.07 Å². The van der Waals surface area contributed by atoms with Gasteiger partial charge in [-0.2, -0.15) is 0 Å². The number of fused-ring (bicyclic) bond motifs is 3. The van der Waals surface area contributed by atoms with Crippen LogP contribution in [0.1, 0.15) is 41.5 Å². The number of hydrogen-bond donors (Lipinski definition) is 0. The number of carbonyl (C=O) groups excluding carboxylic acids is 2. The van der Waals surface area contributed by atoms with E-state index in [4.69, 9.17) is 9.26 Å². The summed E-state index contributed by atoms with van der Waals surface area (Å²) in [5.41, 5.74) is 3.25. The van der Waals surface area contributed by atoms with E-state index in [-0.39, 0.29) is 36.6 Å². The molecule has 5 rings (SSSR count). The van der Waals surface area contributed by atoms with Crippen molar-refractivity contribution in [3.8, 4) is 0 Å². The second kappa shape index (κ2) is 6.65. The summed E-state index contributed by atoms with van der Waals surface area (Å²) in [5, 5.41) is 3.83. The molecule has 0 radical (unpaired) electrons. The average Bonchev–Trinajstić information content (AvgIpc) is 3.35. The van der Waals surface area contributed by atoms with Crippen LogP contribution in [0, 0.1) is 6.92 Å². The van der Waals surface area contributed by atoms with E-state index in [0.717, 1.165) is 25.0 Å². The van der Waals surface area contributed by atoms with Crippen molar-refractivity contribution in [3.63, 3.8) is 0 Å². The van der Waals surface area contributed by atoms with Crippen LogP contribution < -0.4 is 0 Å². The lowest BCUT2D eigenvalue weighted by atomic mass is 9.99. The predicted molar refractivity (Wildman–Crippen MR) is 99.5 cm³/mol. The van der Waals surface area contributed by atoms with E-state index >= 15 is 0 Å². The first-order chi connectivity index (χ1) is 13.6. The second-order valence-electron chi connectivity index (χ2n) is 7.90. The van der Waals surface area contributed by atoms with Crippen LogP contribution in [-0.2, 0) is 22.4 Å². The SMILES string of the molecule is Cc1cc(CC(=O)N2CCC(N3C(=O)OC4Cc5ccccc5C43)CC2)on1. The summed E-state index contributed by atoms with van der Waals surface area (Å²) in [6.45, 7) is 3.12. The smallest absolute Gasteiger partial charge is 0.411 e. The Kier molecular flexibility index (Phi) is 4.10. The molecule has 146 valence electrons. The van der Waals surface area contributed by atoms with Gasteiger partial charge in [0, 0.05) is 31.6 Å². The molecule has 7 heteroatoms. The van der Waals surface area contributed by atoms with E-state index in [1.807, 2.05) is 28.9 Å². The summed E-state index contributed by atoms with van der Waals surface area (Å²) in [7, 11) is 0. The Labute approximate surface area is 163 Å². The van der Waals surface area contributed by atoms with E-state index in [2.05, 4.69) is 17.3 Å². The van der Waals surface area contributed by atoms with Gasteiger partial charge in [-0.1, -0.05) is 29.4 Å². The lowest BCUT2D eigenvalue weighted by molar-refractivity contribution is -0.132. The molecule has 7 nitrogen and oxygen atoms in total. The second-order valence-corrected chi connectivity index (χ2v) is 7.90. The molecule has 3 heterocycles. The van der Waals surface area contributed by atoms with Gasteiger partial charge in [-0.25, -0.2) is 4.79 Å². The Hall–Kier alpha value is -2.83. The third kappa shape index (κ3) is 2.85. The van der Waals surface area contributed by atoms with Crippen molar-refractivity contribution in [3.05, 3.63) is 52.9 Å². The van der Waals surface area contributed by atoms with Crippen molar-refractivity contribution in [2.45, 2.75) is 50.8 Å². The maximum Gasteiger partial charge on any atom is 0.411 e. The summed E-state index contributed by atoms with van der Waals surface area (Å²) in [5.74, 6) is 0.640. The zero-order chi connectivity index (χ0) is 19.3. The minimum absolute atomic E-state index is 0.00752. The van der Waals surface area contributed by atoms with Gasteiger partial charge in [-0.05, 0) is 30.9 Å². The van der Waals surface area contributed by atoms with Crippen LogP contribution in [0.15, 0.2) is 34.9 Å². The van der Waals surface area contributed by atoms with E-state index in [9.17, 15) is 9.59 Å². The van der Waals surface area contributed by atoms with Crippen LogP contribution in [0.25, 0.3) is 0 Å². The molecule has 2 saturated heterocycles. The normalized spacial score (nSPS) is 24.2. The topological polar surface area (TPSA) is 75.9 Å². The molecule has 2 aliphatic heterocycles. The standard InChI is InChI=1S/C21H23N3O4/c1-13-10-16(28-22-13)12-19(25)23-8-6-15(7-9-23)24-20-17-5-3-2-4-14(17)11-18(20)27-21(24)26/h2-5,10,15,18,20H,6-9,11-12H2,1H3. The fourth-order valence-corrected chi connectivity index (χ4v) is 4.81. The molecule has 2 amide bonds. The highest BCUT2D eigenvalue weighted by Crippen LogP contribution is 2.44. The van der Waals surface area contributed by atoms with Gasteiger partial charge in [0.05, 0.1) is 18.2 Å². The predicted octanol–water partition coefficient (Wildman–Crippen LogP) is 2.63. The fourth-order valence-electron chi connectivity index (χ4n) is 4.81. The molecular weight excluding hydrogens is 358 g/mol. The number of piperidine rings is 1. The summed E-state index contributed by atoms with van der Waals surface area (Å²) in [6.07, 6.45) is 2.25. The third-order valence-corrected chi connectivity index (χ3v) is 6.12. The number of carbonyl (C=O) groups is 2. The van der Waals surface area contributed by atoms with E-state index < -0.39 is 0 Å². The van der Waals surface area contributed by atoms with Crippen molar-refractivity contribution in [2.24, 2.45) is 0 Å². The van der Waals surface area contributed by atoms with E-state index in [0.29, 0.717) is 18.8 Å². The van der Waals surface area contributed by atoms with Crippen molar-refractivity contribution in [2.75, 3.05) is 13.1 Å². The highest BCUT2D eigenvalue weighted by molar-refractivity contribution is 5.78. The summed E-state index contributed by atoms with van der Waals surface area (Å²) < 4.78 is 10.8. The fraction of sp³-hybridized carbons (Fsp3) is 0.476. The molecule has 2 atom stereocenters. The van der Waals surface area contributed by atoms with Gasteiger partial charge in [0.15, 0.2) is 0 Å². The van der Waals surface area contributed by atoms with Gasteiger partial charge in [-0.15, -0.1) is 0 Å². The summed E-state index contributed by atoms with van der Waals surface area (Å²) >= 11 is 0. The molecule has 1 aliphatic carbocycles. The number of nitrogens with zero attached hydrogens (tertiary/aromatic N) is 3. The van der Waals surface area contributed by atoms with Crippen molar-refractivity contribution < 1.29 is 18.8 Å². The number of ether oxygens (including phenoxy) is 1. The molecule has 0 bridgehead atoms. The van der Waals surface area contributed by atoms with Crippen molar-refractivity contribution in [1.82, 2.24) is 15.0 Å². The Bertz CT molecular complexity index is 916. The Balaban J connectivity index is 1.25. The number of aromatic nitrogens is 1. The zero-order valence-electron chi connectivity index (χ0n) is 15.8. The quantitative estimate of drug-likeness (QED) is 0.817. The van der Waals surface area contributed by atoms with Crippen molar-refractivity contribution >= 4 is 12.0 Å². The molecule has 0 saturated carbocycles. The highest BCUT2D eigenvalue weighted by atomic mass is 16.6. The average molecular weight is 381 g/mol. The Morgan fingerprint density at radius 3 is 2.79 bits per heavy atom. The Morgan fingerprint density at radius 1 is 1.25 bits per heavy atom. The van der Waals surface area contributed by atoms with E-state index in [1.165, 1.54) is 11.1 Å². The van der Waals surface area contributed by atoms with Crippen LogP contribution in [0.4, 0.5) is 4.79 Å². The summed E-state index contributed by atoms with van der Waals surface area (Å²) in [4.78, 5) is 28.9. The number of likely N-dealkylation sites (tertiary alicyclic amines) is 1. The molecule has 1 aromatic carbocycles. The number of hydrogen-bond acceptors (Lipinski definition) is 5. The summed E-state index contributed by atoms with van der Waals surface area (Å²) in [6, 6.07) is 10.2. The first-order valence-electron chi connectivity index (χ1n) is 9.87. The van der Waals surface area contributed by atoms with Crippen LogP contribution in [-0.4, -0.2) is 52.2 Å². The Morgan fingerprint density at radius 2 is 2.04 bits per heavy atom. The van der Waals surface area contributed by atoms with Crippen LogP contribution in [0.2, 0.25) is 0 Å². The highest BCUT2D eigenvalue weighted by Gasteiger charge is 2.50. The van der Waals surface area contributed by atoms with Crippen LogP contribution >= 0.6 is 0 Å². The monoisotopic (exact) mass is 381 g/mol. The number of rotatable bonds is 3. The number of amides is 2. The largest absolute Gasteiger partial charge is 0.443 e. The first kappa shape index (κ1) is 17.3. The van der Waals surface area contributed by atoms with Gasteiger partial charge >= 0.3 is 6.09 Å². The van der Waals surface area contributed by atoms with Gasteiger partial charge in [0.1, 0.15) is 11.9 Å². The molecule has 28 heavy (non-hydrogen) atoms. The van der Waals surface area contributed by atoms with Gasteiger partial charge < -0.3 is 14.2 Å². The van der Waals surface area contributed by atoms with Gasteiger partial charge in [0.2, 0.25) is 5.91 Å². The molecule has 2 fully saturated rings. The molecule has 2 unspecified atom stereocenters.